The summed E-state index contributed by atoms with van der Waals surface area (Å²) in [5.41, 5.74) is 1.48. The van der Waals surface area contributed by atoms with Gasteiger partial charge < -0.3 is 18.3 Å². The van der Waals surface area contributed by atoms with Crippen molar-refractivity contribution in [3.8, 4) is 11.5 Å². The first-order chi connectivity index (χ1) is 16.9. The van der Waals surface area contributed by atoms with Crippen LogP contribution < -0.4 is 10.4 Å². The molecule has 1 heterocycles. The van der Waals surface area contributed by atoms with E-state index in [1.807, 2.05) is 42.5 Å². The molecule has 0 saturated heterocycles. The number of rotatable bonds is 9. The summed E-state index contributed by atoms with van der Waals surface area (Å²) < 4.78 is 24.5. The molecule has 6 heteroatoms. The van der Waals surface area contributed by atoms with Crippen LogP contribution in [0.2, 0.25) is 5.04 Å². The van der Waals surface area contributed by atoms with E-state index < -0.39 is 14.6 Å². The number of hydrogen-bond acceptors (Lipinski definition) is 5. The molecule has 0 N–H and O–H groups in total. The third kappa shape index (κ3) is 5.02. The van der Waals surface area contributed by atoms with E-state index in [9.17, 15) is 0 Å². The minimum atomic E-state index is -2.75. The highest BCUT2D eigenvalue weighted by Gasteiger charge is 2.50. The molecule has 0 unspecified atom stereocenters. The summed E-state index contributed by atoms with van der Waals surface area (Å²) in [6, 6.07) is 30.9. The van der Waals surface area contributed by atoms with Gasteiger partial charge in [0.15, 0.2) is 5.76 Å². The zero-order valence-corrected chi connectivity index (χ0v) is 22.0. The van der Waals surface area contributed by atoms with E-state index >= 15 is 0 Å². The van der Waals surface area contributed by atoms with Crippen molar-refractivity contribution in [1.29, 1.82) is 0 Å². The van der Waals surface area contributed by atoms with Gasteiger partial charge in [0.2, 0.25) is 12.2 Å². The molecule has 0 fully saturated rings. The van der Waals surface area contributed by atoms with Crippen molar-refractivity contribution >= 4 is 18.7 Å². The molecule has 0 bridgehead atoms. The van der Waals surface area contributed by atoms with Gasteiger partial charge in [-0.1, -0.05) is 99.6 Å². The first kappa shape index (κ1) is 25.1. The highest BCUT2D eigenvalue weighted by atomic mass is 28.4. The minimum Gasteiger partial charge on any atom is -0.438 e. The fourth-order valence-corrected chi connectivity index (χ4v) is 9.11. The lowest BCUT2D eigenvalue weighted by Gasteiger charge is -2.42. The van der Waals surface area contributed by atoms with E-state index in [4.69, 9.17) is 23.3 Å². The highest BCUT2D eigenvalue weighted by Crippen LogP contribution is 2.38. The summed E-state index contributed by atoms with van der Waals surface area (Å²) >= 11 is 0. The van der Waals surface area contributed by atoms with Crippen LogP contribution in [0.5, 0.6) is 0 Å². The average Bonchev–Trinajstić information content (AvgIpc) is 3.30. The first-order valence-electron chi connectivity index (χ1n) is 11.8. The van der Waals surface area contributed by atoms with Crippen LogP contribution in [0.25, 0.3) is 11.5 Å². The molecule has 4 aromatic rings. The van der Waals surface area contributed by atoms with E-state index in [1.54, 1.807) is 14.2 Å². The van der Waals surface area contributed by atoms with Crippen LogP contribution in [-0.2, 0) is 20.5 Å². The van der Waals surface area contributed by atoms with Gasteiger partial charge in [-0.25, -0.2) is 4.98 Å². The maximum atomic E-state index is 7.08. The zero-order valence-electron chi connectivity index (χ0n) is 21.0. The summed E-state index contributed by atoms with van der Waals surface area (Å²) in [6.07, 6.45) is -0.658. The number of oxazole rings is 1. The normalized spacial score (nSPS) is 12.3. The molecule has 1 aromatic heterocycles. The molecule has 0 atom stereocenters. The van der Waals surface area contributed by atoms with Crippen molar-refractivity contribution in [1.82, 2.24) is 4.98 Å². The Balaban J connectivity index is 1.82. The molecular formula is C29H33NO4Si. The Bertz CT molecular complexity index is 1160. The first-order valence-corrected chi connectivity index (χ1v) is 13.7. The third-order valence-corrected chi connectivity index (χ3v) is 11.2. The van der Waals surface area contributed by atoms with E-state index in [2.05, 4.69) is 69.3 Å². The Labute approximate surface area is 208 Å². The van der Waals surface area contributed by atoms with Crippen LogP contribution in [0.4, 0.5) is 0 Å². The van der Waals surface area contributed by atoms with Crippen molar-refractivity contribution in [3.05, 3.63) is 102 Å². The van der Waals surface area contributed by atoms with Crippen LogP contribution in [0, 0.1) is 0 Å². The molecule has 0 aliphatic carbocycles. The van der Waals surface area contributed by atoms with Crippen LogP contribution in [0.3, 0.4) is 0 Å². The lowest BCUT2D eigenvalue weighted by Crippen LogP contribution is -2.66. The van der Waals surface area contributed by atoms with Gasteiger partial charge in [0.05, 0.1) is 6.61 Å². The summed E-state index contributed by atoms with van der Waals surface area (Å²) in [5.74, 6) is 1.12. The van der Waals surface area contributed by atoms with E-state index in [-0.39, 0.29) is 11.6 Å². The second-order valence-corrected chi connectivity index (χ2v) is 13.8. The van der Waals surface area contributed by atoms with E-state index in [0.717, 1.165) is 5.56 Å². The van der Waals surface area contributed by atoms with Crippen molar-refractivity contribution in [3.63, 3.8) is 0 Å². The van der Waals surface area contributed by atoms with Gasteiger partial charge in [-0.05, 0) is 27.5 Å². The quantitative estimate of drug-likeness (QED) is 0.224. The largest absolute Gasteiger partial charge is 0.438 e. The monoisotopic (exact) mass is 487 g/mol. The molecule has 3 aromatic carbocycles. The molecule has 182 valence electrons. The molecule has 5 nitrogen and oxygen atoms in total. The lowest BCUT2D eigenvalue weighted by atomic mass is 10.2. The molecule has 0 spiro atoms. The fourth-order valence-electron chi connectivity index (χ4n) is 4.61. The lowest BCUT2D eigenvalue weighted by molar-refractivity contribution is -0.109. The molecule has 4 rings (SSSR count). The molecular weight excluding hydrogens is 454 g/mol. The standard InChI is InChI=1S/C29H33NO4Si/c1-29(2,3)35(23-17-11-7-12-18-23,24-19-13-8-14-20-24)33-21-25-26(28(31-4)32-5)30-27(34-25)22-15-9-6-10-16-22/h6-20,28H,21H2,1-5H3. The number of methoxy groups -OCH3 is 2. The third-order valence-electron chi connectivity index (χ3n) is 6.24. The number of hydrogen-bond donors (Lipinski definition) is 0. The SMILES string of the molecule is COC(OC)c1nc(-c2ccccc2)oc1CO[Si](c1ccccc1)(c1ccccc1)C(C)(C)C. The Hall–Kier alpha value is -3.03. The van der Waals surface area contributed by atoms with Crippen LogP contribution >= 0.6 is 0 Å². The Morgan fingerprint density at radius 2 is 1.26 bits per heavy atom. The maximum absolute atomic E-state index is 7.08. The minimum absolute atomic E-state index is 0.153. The molecule has 0 radical (unpaired) electrons. The average molecular weight is 488 g/mol. The number of ether oxygens (including phenoxy) is 2. The van der Waals surface area contributed by atoms with Crippen molar-refractivity contribution < 1.29 is 18.3 Å². The number of nitrogens with zero attached hydrogens (tertiary/aromatic N) is 1. The predicted octanol–water partition coefficient (Wildman–Crippen LogP) is 5.71. The molecule has 0 aliphatic rings. The summed E-state index contributed by atoms with van der Waals surface area (Å²) in [6.45, 7) is 7.00. The van der Waals surface area contributed by atoms with Gasteiger partial charge in [-0.3, -0.25) is 0 Å². The number of aromatic nitrogens is 1. The predicted molar refractivity (Wildman–Crippen MR) is 141 cm³/mol. The van der Waals surface area contributed by atoms with Crippen LogP contribution in [0.15, 0.2) is 95.4 Å². The van der Waals surface area contributed by atoms with Crippen LogP contribution in [-0.4, -0.2) is 27.5 Å². The second kappa shape index (κ2) is 10.7. The number of benzene rings is 3. The summed E-state index contributed by atoms with van der Waals surface area (Å²) in [4.78, 5) is 4.75. The maximum Gasteiger partial charge on any atom is 0.261 e. The van der Waals surface area contributed by atoms with E-state index in [1.165, 1.54) is 10.4 Å². The van der Waals surface area contributed by atoms with Gasteiger partial charge in [-0.15, -0.1) is 0 Å². The van der Waals surface area contributed by atoms with Gasteiger partial charge >= 0.3 is 0 Å². The molecule has 35 heavy (non-hydrogen) atoms. The summed E-state index contributed by atoms with van der Waals surface area (Å²) in [5, 5.41) is 2.26. The Morgan fingerprint density at radius 3 is 1.71 bits per heavy atom. The van der Waals surface area contributed by atoms with E-state index in [0.29, 0.717) is 17.3 Å². The molecule has 0 saturated carbocycles. The topological polar surface area (TPSA) is 53.7 Å². The van der Waals surface area contributed by atoms with Crippen molar-refractivity contribution in [2.75, 3.05) is 14.2 Å². The van der Waals surface area contributed by atoms with Crippen molar-refractivity contribution in [2.45, 2.75) is 38.7 Å². The van der Waals surface area contributed by atoms with Gasteiger partial charge in [0, 0.05) is 19.8 Å². The Morgan fingerprint density at radius 1 is 0.771 bits per heavy atom. The fraction of sp³-hybridized carbons (Fsp3) is 0.276. The van der Waals surface area contributed by atoms with Crippen molar-refractivity contribution in [2.24, 2.45) is 0 Å². The summed E-state index contributed by atoms with van der Waals surface area (Å²) in [7, 11) is 0.440. The second-order valence-electron chi connectivity index (χ2n) is 9.45. The molecule has 0 amide bonds. The zero-order chi connectivity index (χ0) is 24.9. The molecule has 0 aliphatic heterocycles. The van der Waals surface area contributed by atoms with Gasteiger partial charge in [0.25, 0.3) is 8.32 Å². The highest BCUT2D eigenvalue weighted by molar-refractivity contribution is 6.99. The van der Waals surface area contributed by atoms with Crippen LogP contribution in [0.1, 0.15) is 38.5 Å². The smallest absolute Gasteiger partial charge is 0.261 e. The van der Waals surface area contributed by atoms with Gasteiger partial charge in [0.1, 0.15) is 5.69 Å². The Kier molecular flexibility index (Phi) is 7.67. The van der Waals surface area contributed by atoms with Gasteiger partial charge in [-0.2, -0.15) is 0 Å².